The summed E-state index contributed by atoms with van der Waals surface area (Å²) in [6.45, 7) is 4.10. The minimum absolute atomic E-state index is 0.440. The van der Waals surface area contributed by atoms with Crippen LogP contribution in [0.1, 0.15) is 31.0 Å². The SMILES string of the molecule is C/C=C\N=C1c2[nH]ncc2C1C. The number of aromatic nitrogens is 2. The molecule has 0 amide bonds. The van der Waals surface area contributed by atoms with E-state index in [2.05, 4.69) is 22.1 Å². The zero-order chi connectivity index (χ0) is 8.55. The molecule has 1 aliphatic carbocycles. The van der Waals surface area contributed by atoms with Gasteiger partial charge in [0.2, 0.25) is 0 Å². The number of H-pyrrole nitrogens is 1. The third-order valence-corrected chi connectivity index (χ3v) is 2.16. The Balaban J connectivity index is 2.35. The Morgan fingerprint density at radius 2 is 2.50 bits per heavy atom. The molecule has 0 aromatic carbocycles. The molecular weight excluding hydrogens is 150 g/mol. The number of allylic oxidation sites excluding steroid dienone is 1. The largest absolute Gasteiger partial charge is 0.276 e. The van der Waals surface area contributed by atoms with E-state index in [1.807, 2.05) is 25.4 Å². The third-order valence-electron chi connectivity index (χ3n) is 2.16. The van der Waals surface area contributed by atoms with E-state index in [1.165, 1.54) is 5.56 Å². The van der Waals surface area contributed by atoms with Gasteiger partial charge in [-0.2, -0.15) is 5.10 Å². The molecular formula is C9H11N3. The van der Waals surface area contributed by atoms with Crippen molar-refractivity contribution in [3.8, 4) is 0 Å². The van der Waals surface area contributed by atoms with Gasteiger partial charge in [-0.3, -0.25) is 10.1 Å². The van der Waals surface area contributed by atoms with Gasteiger partial charge in [0, 0.05) is 17.7 Å². The average Bonchev–Trinajstić information content (AvgIpc) is 2.49. The normalized spacial score (nSPS) is 24.5. The summed E-state index contributed by atoms with van der Waals surface area (Å²) >= 11 is 0. The minimum atomic E-state index is 0.440. The van der Waals surface area contributed by atoms with Gasteiger partial charge in [-0.25, -0.2) is 0 Å². The van der Waals surface area contributed by atoms with Crippen molar-refractivity contribution in [1.82, 2.24) is 10.2 Å². The second-order valence-electron chi connectivity index (χ2n) is 2.92. The van der Waals surface area contributed by atoms with Crippen LogP contribution in [0.5, 0.6) is 0 Å². The summed E-state index contributed by atoms with van der Waals surface area (Å²) in [6.07, 6.45) is 5.61. The molecule has 0 aliphatic heterocycles. The molecule has 1 aromatic rings. The Morgan fingerprint density at radius 1 is 1.67 bits per heavy atom. The van der Waals surface area contributed by atoms with E-state index in [0.29, 0.717) is 5.92 Å². The number of aliphatic imine (C=N–C) groups is 1. The first kappa shape index (κ1) is 7.28. The molecule has 1 aliphatic rings. The highest BCUT2D eigenvalue weighted by Crippen LogP contribution is 2.33. The summed E-state index contributed by atoms with van der Waals surface area (Å²) in [5.41, 5.74) is 3.49. The molecule has 0 spiro atoms. The van der Waals surface area contributed by atoms with Crippen molar-refractivity contribution >= 4 is 5.71 Å². The molecule has 1 N–H and O–H groups in total. The maximum absolute atomic E-state index is 4.31. The summed E-state index contributed by atoms with van der Waals surface area (Å²) < 4.78 is 0. The molecule has 3 nitrogen and oxygen atoms in total. The van der Waals surface area contributed by atoms with Crippen LogP contribution in [0.3, 0.4) is 0 Å². The van der Waals surface area contributed by atoms with Crippen LogP contribution < -0.4 is 0 Å². The van der Waals surface area contributed by atoms with Crippen LogP contribution in [0.4, 0.5) is 0 Å². The highest BCUT2D eigenvalue weighted by atomic mass is 15.1. The molecule has 62 valence electrons. The molecule has 1 aromatic heterocycles. The molecule has 0 saturated heterocycles. The second-order valence-corrected chi connectivity index (χ2v) is 2.92. The zero-order valence-electron chi connectivity index (χ0n) is 7.20. The number of rotatable bonds is 1. The quantitative estimate of drug-likeness (QED) is 0.671. The van der Waals surface area contributed by atoms with Crippen LogP contribution in [0.2, 0.25) is 0 Å². The number of hydrogen-bond acceptors (Lipinski definition) is 2. The van der Waals surface area contributed by atoms with Crippen molar-refractivity contribution in [3.63, 3.8) is 0 Å². The number of aromatic amines is 1. The summed E-state index contributed by atoms with van der Waals surface area (Å²) in [5, 5.41) is 6.89. The van der Waals surface area contributed by atoms with Crippen molar-refractivity contribution in [2.75, 3.05) is 0 Å². The number of nitrogens with one attached hydrogen (secondary N) is 1. The predicted octanol–water partition coefficient (Wildman–Crippen LogP) is 1.85. The predicted molar refractivity (Wildman–Crippen MR) is 48.4 cm³/mol. The number of hydrogen-bond donors (Lipinski definition) is 1. The lowest BCUT2D eigenvalue weighted by atomic mass is 9.82. The smallest absolute Gasteiger partial charge is 0.0837 e. The Kier molecular flexibility index (Phi) is 1.57. The highest BCUT2D eigenvalue weighted by Gasteiger charge is 2.31. The van der Waals surface area contributed by atoms with Crippen molar-refractivity contribution in [2.45, 2.75) is 19.8 Å². The average molecular weight is 161 g/mol. The number of fused-ring (bicyclic) bond motifs is 1. The van der Waals surface area contributed by atoms with Crippen molar-refractivity contribution in [2.24, 2.45) is 4.99 Å². The first-order valence-electron chi connectivity index (χ1n) is 4.07. The molecule has 12 heavy (non-hydrogen) atoms. The highest BCUT2D eigenvalue weighted by molar-refractivity contribution is 6.12. The summed E-state index contributed by atoms with van der Waals surface area (Å²) in [5.74, 6) is 0.440. The molecule has 0 saturated carbocycles. The lowest BCUT2D eigenvalue weighted by Crippen LogP contribution is -2.23. The van der Waals surface area contributed by atoms with E-state index in [9.17, 15) is 0 Å². The molecule has 0 bridgehead atoms. The maximum Gasteiger partial charge on any atom is 0.0837 e. The molecule has 0 radical (unpaired) electrons. The van der Waals surface area contributed by atoms with Crippen LogP contribution in [-0.4, -0.2) is 15.9 Å². The third kappa shape index (κ3) is 0.826. The van der Waals surface area contributed by atoms with Gasteiger partial charge in [-0.15, -0.1) is 0 Å². The number of nitrogens with zero attached hydrogens (tertiary/aromatic N) is 2. The summed E-state index contributed by atoms with van der Waals surface area (Å²) in [7, 11) is 0. The zero-order valence-corrected chi connectivity index (χ0v) is 7.20. The van der Waals surface area contributed by atoms with Crippen LogP contribution in [0.25, 0.3) is 0 Å². The molecule has 1 atom stereocenters. The fourth-order valence-electron chi connectivity index (χ4n) is 1.45. The van der Waals surface area contributed by atoms with Crippen molar-refractivity contribution in [3.05, 3.63) is 29.7 Å². The van der Waals surface area contributed by atoms with E-state index in [0.717, 1.165) is 11.4 Å². The van der Waals surface area contributed by atoms with Gasteiger partial charge < -0.3 is 0 Å². The summed E-state index contributed by atoms with van der Waals surface area (Å²) in [6, 6.07) is 0. The Bertz CT molecular complexity index is 346. The van der Waals surface area contributed by atoms with Gasteiger partial charge in [-0.1, -0.05) is 13.0 Å². The van der Waals surface area contributed by atoms with E-state index in [1.54, 1.807) is 0 Å². The van der Waals surface area contributed by atoms with E-state index in [-0.39, 0.29) is 0 Å². The van der Waals surface area contributed by atoms with Crippen LogP contribution in [-0.2, 0) is 0 Å². The molecule has 0 fully saturated rings. The van der Waals surface area contributed by atoms with Crippen LogP contribution >= 0.6 is 0 Å². The van der Waals surface area contributed by atoms with Gasteiger partial charge >= 0.3 is 0 Å². The lowest BCUT2D eigenvalue weighted by Gasteiger charge is -2.23. The van der Waals surface area contributed by atoms with Gasteiger partial charge in [0.05, 0.1) is 17.6 Å². The molecule has 1 heterocycles. The van der Waals surface area contributed by atoms with Crippen LogP contribution in [0.15, 0.2) is 23.5 Å². The van der Waals surface area contributed by atoms with Crippen molar-refractivity contribution < 1.29 is 0 Å². The summed E-state index contributed by atoms with van der Waals surface area (Å²) in [4.78, 5) is 4.31. The van der Waals surface area contributed by atoms with Gasteiger partial charge in [0.15, 0.2) is 0 Å². The van der Waals surface area contributed by atoms with E-state index < -0.39 is 0 Å². The topological polar surface area (TPSA) is 41.0 Å². The maximum atomic E-state index is 4.31. The van der Waals surface area contributed by atoms with Crippen molar-refractivity contribution in [1.29, 1.82) is 0 Å². The molecule has 3 heteroatoms. The van der Waals surface area contributed by atoms with Crippen LogP contribution in [0, 0.1) is 0 Å². The molecule has 1 unspecified atom stereocenters. The lowest BCUT2D eigenvalue weighted by molar-refractivity contribution is 0.941. The first-order valence-corrected chi connectivity index (χ1v) is 4.07. The fraction of sp³-hybridized carbons (Fsp3) is 0.333. The van der Waals surface area contributed by atoms with Gasteiger partial charge in [0.1, 0.15) is 0 Å². The standard InChI is InChI=1S/C9H11N3/c1-3-4-10-8-6(2)7-5-11-12-9(7)8/h3-6H,1-2H3,(H,11,12)/b4-3-,10-8?. The Morgan fingerprint density at radius 3 is 3.25 bits per heavy atom. The second kappa shape index (κ2) is 2.59. The van der Waals surface area contributed by atoms with Gasteiger partial charge in [0.25, 0.3) is 0 Å². The minimum Gasteiger partial charge on any atom is -0.276 e. The Labute approximate surface area is 71.2 Å². The van der Waals surface area contributed by atoms with E-state index in [4.69, 9.17) is 0 Å². The fourth-order valence-corrected chi connectivity index (χ4v) is 1.45. The first-order chi connectivity index (χ1) is 5.84. The Hall–Kier alpha value is -1.38. The molecule has 2 rings (SSSR count). The monoisotopic (exact) mass is 161 g/mol. The van der Waals surface area contributed by atoms with Gasteiger partial charge in [-0.05, 0) is 6.92 Å². The van der Waals surface area contributed by atoms with E-state index >= 15 is 0 Å².